The number of hydrogen-bond acceptors (Lipinski definition) is 5. The minimum absolute atomic E-state index is 0.0100. The van der Waals surface area contributed by atoms with Gasteiger partial charge in [0.05, 0.1) is 17.8 Å². The molecule has 5 rings (SSSR count). The molecule has 0 bridgehead atoms. The Labute approximate surface area is 227 Å². The standard InChI is InChI=1S/C29H31ClN4O4/c1-32(26-6-4-3-5-25(26)30)28(35)34(2,22-13-17-33(18-14-22)21-11-15-31-16-12-21)27-10-7-20-19-23(38-29(36)37)8-9-24(20)27/h3-6,8-9,11-12,15-16,19,22,27H,7,10,13-14,17-18H2,1-2H3/p+1. The number of pyridine rings is 1. The van der Waals surface area contributed by atoms with Gasteiger partial charge in [-0.25, -0.2) is 14.1 Å². The second-order valence-corrected chi connectivity index (χ2v) is 10.6. The molecule has 0 saturated carbocycles. The van der Waals surface area contributed by atoms with Crippen molar-refractivity contribution in [2.45, 2.75) is 37.8 Å². The Morgan fingerprint density at radius 2 is 1.79 bits per heavy atom. The van der Waals surface area contributed by atoms with E-state index in [0.29, 0.717) is 16.5 Å². The van der Waals surface area contributed by atoms with E-state index in [1.807, 2.05) is 48.8 Å². The number of carbonyl (C=O) groups is 2. The number of ether oxygens (including phenoxy) is 1. The number of halogens is 1. The molecule has 1 aromatic heterocycles. The molecule has 2 atom stereocenters. The Morgan fingerprint density at radius 1 is 1.08 bits per heavy atom. The van der Waals surface area contributed by atoms with Crippen LogP contribution in [0.1, 0.15) is 36.4 Å². The van der Waals surface area contributed by atoms with E-state index in [9.17, 15) is 9.59 Å². The molecule has 9 heteroatoms. The third-order valence-electron chi connectivity index (χ3n) is 8.18. The highest BCUT2D eigenvalue weighted by molar-refractivity contribution is 6.33. The topological polar surface area (TPSA) is 83.0 Å². The van der Waals surface area contributed by atoms with Crippen LogP contribution in [0.15, 0.2) is 67.0 Å². The summed E-state index contributed by atoms with van der Waals surface area (Å²) >= 11 is 6.51. The lowest BCUT2D eigenvalue weighted by molar-refractivity contribution is -0.887. The summed E-state index contributed by atoms with van der Waals surface area (Å²) in [6, 6.07) is 16.9. The molecular weight excluding hydrogens is 504 g/mol. The highest BCUT2D eigenvalue weighted by atomic mass is 35.5. The van der Waals surface area contributed by atoms with E-state index >= 15 is 0 Å². The molecule has 1 aliphatic heterocycles. The lowest BCUT2D eigenvalue weighted by Crippen LogP contribution is -2.64. The van der Waals surface area contributed by atoms with Gasteiger partial charge in [0.25, 0.3) is 0 Å². The second-order valence-electron chi connectivity index (χ2n) is 10.1. The van der Waals surface area contributed by atoms with Crippen molar-refractivity contribution < 1.29 is 23.9 Å². The van der Waals surface area contributed by atoms with Gasteiger partial charge in [0, 0.05) is 63.0 Å². The average molecular weight is 536 g/mol. The summed E-state index contributed by atoms with van der Waals surface area (Å²) in [6.07, 6.45) is 5.53. The fraction of sp³-hybridized carbons (Fsp3) is 0.345. The van der Waals surface area contributed by atoms with Crippen molar-refractivity contribution in [3.63, 3.8) is 0 Å². The molecule has 8 nitrogen and oxygen atoms in total. The SMILES string of the molecule is CN(C(=O)[N+](C)(C1CCN(c2ccncc2)CC1)C1CCc2cc(OC(=O)O)ccc21)c1ccccc1Cl. The number of para-hydroxylation sites is 1. The summed E-state index contributed by atoms with van der Waals surface area (Å²) in [5.74, 6) is 0.302. The van der Waals surface area contributed by atoms with Crippen molar-refractivity contribution in [3.8, 4) is 5.75 Å². The summed E-state index contributed by atoms with van der Waals surface area (Å²) in [5.41, 5.74) is 3.92. The maximum Gasteiger partial charge on any atom is 0.511 e. The van der Waals surface area contributed by atoms with Crippen molar-refractivity contribution >= 4 is 35.2 Å². The number of amides is 2. The summed E-state index contributed by atoms with van der Waals surface area (Å²) in [6.45, 7) is 1.69. The molecule has 1 fully saturated rings. The molecule has 2 amide bonds. The van der Waals surface area contributed by atoms with Crippen molar-refractivity contribution in [1.29, 1.82) is 0 Å². The van der Waals surface area contributed by atoms with Crippen molar-refractivity contribution in [3.05, 3.63) is 83.1 Å². The Hall–Kier alpha value is -3.62. The Kier molecular flexibility index (Phi) is 7.27. The van der Waals surface area contributed by atoms with Gasteiger partial charge in [0.1, 0.15) is 17.8 Å². The van der Waals surface area contributed by atoms with Crippen LogP contribution < -0.4 is 14.5 Å². The van der Waals surface area contributed by atoms with E-state index in [1.165, 1.54) is 0 Å². The van der Waals surface area contributed by atoms with Crippen molar-refractivity contribution in [2.75, 3.05) is 37.0 Å². The first-order valence-corrected chi connectivity index (χ1v) is 13.2. The zero-order valence-corrected chi connectivity index (χ0v) is 22.3. The van der Waals surface area contributed by atoms with Crippen LogP contribution in [-0.2, 0) is 6.42 Å². The number of hydrogen-bond donors (Lipinski definition) is 1. The minimum Gasteiger partial charge on any atom is -0.449 e. The molecule has 198 valence electrons. The Balaban J connectivity index is 1.49. The van der Waals surface area contributed by atoms with Crippen LogP contribution in [0.3, 0.4) is 0 Å². The Morgan fingerprint density at radius 3 is 2.47 bits per heavy atom. The number of piperidine rings is 1. The van der Waals surface area contributed by atoms with Gasteiger partial charge < -0.3 is 14.7 Å². The van der Waals surface area contributed by atoms with Crippen molar-refractivity contribution in [1.82, 2.24) is 4.98 Å². The molecule has 38 heavy (non-hydrogen) atoms. The summed E-state index contributed by atoms with van der Waals surface area (Å²) in [4.78, 5) is 33.7. The van der Waals surface area contributed by atoms with Crippen LogP contribution in [0, 0.1) is 0 Å². The third kappa shape index (κ3) is 4.81. The molecule has 0 radical (unpaired) electrons. The Bertz CT molecular complexity index is 1330. The first kappa shape index (κ1) is 26.0. The van der Waals surface area contributed by atoms with Gasteiger partial charge in [-0.05, 0) is 54.4 Å². The molecule has 0 spiro atoms. The number of rotatable bonds is 5. The van der Waals surface area contributed by atoms with Crippen LogP contribution in [0.25, 0.3) is 0 Å². The number of carbonyl (C=O) groups excluding carboxylic acids is 1. The van der Waals surface area contributed by atoms with Crippen LogP contribution in [0.5, 0.6) is 5.75 Å². The fourth-order valence-corrected chi connectivity index (χ4v) is 6.46. The van der Waals surface area contributed by atoms with Gasteiger partial charge in [-0.3, -0.25) is 9.88 Å². The number of aryl methyl sites for hydroxylation is 1. The van der Waals surface area contributed by atoms with E-state index in [1.54, 1.807) is 30.1 Å². The monoisotopic (exact) mass is 535 g/mol. The predicted octanol–water partition coefficient (Wildman–Crippen LogP) is 6.15. The predicted molar refractivity (Wildman–Crippen MR) is 147 cm³/mol. The van der Waals surface area contributed by atoms with Gasteiger partial charge in [-0.2, -0.15) is 0 Å². The van der Waals surface area contributed by atoms with E-state index in [2.05, 4.69) is 16.9 Å². The number of anilines is 2. The quantitative estimate of drug-likeness (QED) is 0.240. The van der Waals surface area contributed by atoms with Gasteiger partial charge in [0.15, 0.2) is 0 Å². The largest absolute Gasteiger partial charge is 0.511 e. The number of carboxylic acid groups (broad SMARTS) is 1. The highest BCUT2D eigenvalue weighted by Gasteiger charge is 2.52. The number of quaternary nitrogens is 1. The number of urea groups is 1. The number of benzene rings is 2. The molecule has 1 saturated heterocycles. The minimum atomic E-state index is -1.34. The zero-order chi connectivity index (χ0) is 26.9. The van der Waals surface area contributed by atoms with Gasteiger partial charge in [0.2, 0.25) is 0 Å². The van der Waals surface area contributed by atoms with Crippen LogP contribution in [-0.4, -0.2) is 60.0 Å². The first-order chi connectivity index (χ1) is 18.3. The first-order valence-electron chi connectivity index (χ1n) is 12.9. The van der Waals surface area contributed by atoms with E-state index in [4.69, 9.17) is 21.4 Å². The maximum absolute atomic E-state index is 14.5. The lowest BCUT2D eigenvalue weighted by Gasteiger charge is -2.48. The smallest absolute Gasteiger partial charge is 0.449 e. The van der Waals surface area contributed by atoms with Crippen LogP contribution in [0.2, 0.25) is 5.02 Å². The molecule has 2 aliphatic rings. The summed E-state index contributed by atoms with van der Waals surface area (Å²) < 4.78 is 5.12. The van der Waals surface area contributed by atoms with Gasteiger partial charge in [-0.1, -0.05) is 23.7 Å². The van der Waals surface area contributed by atoms with E-state index in [0.717, 1.165) is 55.6 Å². The molecule has 1 N–H and O–H groups in total. The third-order valence-corrected chi connectivity index (χ3v) is 8.50. The molecule has 2 aromatic carbocycles. The lowest BCUT2D eigenvalue weighted by atomic mass is 9.95. The molecule has 2 unspecified atom stereocenters. The van der Waals surface area contributed by atoms with Crippen LogP contribution >= 0.6 is 11.6 Å². The van der Waals surface area contributed by atoms with Crippen LogP contribution in [0.4, 0.5) is 21.0 Å². The number of nitrogens with zero attached hydrogens (tertiary/aromatic N) is 4. The molecular formula is C29H32ClN4O4+. The number of fused-ring (bicyclic) bond motifs is 1. The molecule has 3 aromatic rings. The second kappa shape index (κ2) is 10.6. The number of aromatic nitrogens is 1. The van der Waals surface area contributed by atoms with Crippen molar-refractivity contribution in [2.24, 2.45) is 0 Å². The molecule has 2 heterocycles. The molecule has 1 aliphatic carbocycles. The zero-order valence-electron chi connectivity index (χ0n) is 21.6. The fourth-order valence-electron chi connectivity index (χ4n) is 6.20. The van der Waals surface area contributed by atoms with E-state index < -0.39 is 6.16 Å². The maximum atomic E-state index is 14.5. The van der Waals surface area contributed by atoms with E-state index in [-0.39, 0.29) is 22.6 Å². The average Bonchev–Trinajstić information content (AvgIpc) is 3.36. The van der Waals surface area contributed by atoms with Gasteiger partial charge >= 0.3 is 12.2 Å². The summed E-state index contributed by atoms with van der Waals surface area (Å²) in [5, 5.41) is 9.57. The normalized spacial score (nSPS) is 18.9. The summed E-state index contributed by atoms with van der Waals surface area (Å²) in [7, 11) is 3.86. The van der Waals surface area contributed by atoms with Gasteiger partial charge in [-0.15, -0.1) is 0 Å². The highest BCUT2D eigenvalue weighted by Crippen LogP contribution is 2.45.